The summed E-state index contributed by atoms with van der Waals surface area (Å²) in [4.78, 5) is 0. The smallest absolute Gasteiger partial charge is 0.118 e. The first-order chi connectivity index (χ1) is 8.17. The molecule has 0 aliphatic heterocycles. The Morgan fingerprint density at radius 3 is 2.24 bits per heavy atom. The largest absolute Gasteiger partial charge is 0.497 e. The maximum absolute atomic E-state index is 6.24. The maximum Gasteiger partial charge on any atom is 0.118 e. The third kappa shape index (κ3) is 1.85. The molecule has 1 fully saturated rings. The van der Waals surface area contributed by atoms with Crippen LogP contribution in [0.5, 0.6) is 5.75 Å². The van der Waals surface area contributed by atoms with Gasteiger partial charge in [0.25, 0.3) is 0 Å². The van der Waals surface area contributed by atoms with Crippen molar-refractivity contribution in [2.45, 2.75) is 45.1 Å². The van der Waals surface area contributed by atoms with Crippen LogP contribution in [0.4, 0.5) is 0 Å². The van der Waals surface area contributed by atoms with E-state index >= 15 is 0 Å². The van der Waals surface area contributed by atoms with E-state index in [2.05, 4.69) is 38.1 Å². The Bertz CT molecular complexity index is 367. The first kappa shape index (κ1) is 12.4. The van der Waals surface area contributed by atoms with Gasteiger partial charge in [0.15, 0.2) is 0 Å². The van der Waals surface area contributed by atoms with Crippen molar-refractivity contribution in [1.29, 1.82) is 0 Å². The molecule has 17 heavy (non-hydrogen) atoms. The summed E-state index contributed by atoms with van der Waals surface area (Å²) in [6.45, 7) is 4.53. The Balaban J connectivity index is 2.22. The molecule has 0 amide bonds. The SMILES string of the molecule is CCC1(CC)C(N)CC1c1ccc(OC)cc1. The number of hydrogen-bond donors (Lipinski definition) is 1. The van der Waals surface area contributed by atoms with Gasteiger partial charge in [-0.15, -0.1) is 0 Å². The van der Waals surface area contributed by atoms with E-state index in [9.17, 15) is 0 Å². The van der Waals surface area contributed by atoms with Crippen LogP contribution in [0.25, 0.3) is 0 Å². The summed E-state index contributed by atoms with van der Waals surface area (Å²) in [5.41, 5.74) is 7.97. The molecule has 1 aliphatic carbocycles. The van der Waals surface area contributed by atoms with Crippen molar-refractivity contribution >= 4 is 0 Å². The second kappa shape index (κ2) is 4.69. The van der Waals surface area contributed by atoms with Gasteiger partial charge >= 0.3 is 0 Å². The van der Waals surface area contributed by atoms with Crippen LogP contribution < -0.4 is 10.5 Å². The molecule has 2 atom stereocenters. The van der Waals surface area contributed by atoms with E-state index in [0.717, 1.165) is 12.2 Å². The van der Waals surface area contributed by atoms with Crippen LogP contribution in [0.15, 0.2) is 24.3 Å². The average molecular weight is 233 g/mol. The fraction of sp³-hybridized carbons (Fsp3) is 0.600. The van der Waals surface area contributed by atoms with Crippen molar-refractivity contribution in [1.82, 2.24) is 0 Å². The van der Waals surface area contributed by atoms with Gasteiger partial charge in [0.1, 0.15) is 5.75 Å². The molecule has 1 aliphatic rings. The summed E-state index contributed by atoms with van der Waals surface area (Å²) < 4.78 is 5.20. The third-order valence-electron chi connectivity index (χ3n) is 4.76. The maximum atomic E-state index is 6.24. The van der Waals surface area contributed by atoms with Crippen LogP contribution in [0.3, 0.4) is 0 Å². The van der Waals surface area contributed by atoms with E-state index in [-0.39, 0.29) is 0 Å². The zero-order chi connectivity index (χ0) is 12.5. The fourth-order valence-corrected chi connectivity index (χ4v) is 3.39. The summed E-state index contributed by atoms with van der Waals surface area (Å²) in [5, 5.41) is 0. The molecule has 1 aromatic carbocycles. The Hall–Kier alpha value is -1.02. The highest BCUT2D eigenvalue weighted by atomic mass is 16.5. The molecule has 2 heteroatoms. The first-order valence-electron chi connectivity index (χ1n) is 6.57. The minimum absolute atomic E-state index is 0.314. The lowest BCUT2D eigenvalue weighted by atomic mass is 9.52. The van der Waals surface area contributed by atoms with Gasteiger partial charge in [0, 0.05) is 6.04 Å². The molecule has 0 aromatic heterocycles. The van der Waals surface area contributed by atoms with Gasteiger partial charge in [-0.3, -0.25) is 0 Å². The summed E-state index contributed by atoms with van der Waals surface area (Å²) in [6.07, 6.45) is 3.46. The topological polar surface area (TPSA) is 35.2 Å². The molecule has 0 bridgehead atoms. The van der Waals surface area contributed by atoms with E-state index < -0.39 is 0 Å². The van der Waals surface area contributed by atoms with Crippen molar-refractivity contribution < 1.29 is 4.74 Å². The highest BCUT2D eigenvalue weighted by Gasteiger charge is 2.50. The van der Waals surface area contributed by atoms with Crippen molar-refractivity contribution in [3.05, 3.63) is 29.8 Å². The molecular weight excluding hydrogens is 210 g/mol. The quantitative estimate of drug-likeness (QED) is 0.866. The normalized spacial score (nSPS) is 26.4. The van der Waals surface area contributed by atoms with Crippen molar-refractivity contribution in [3.8, 4) is 5.75 Å². The van der Waals surface area contributed by atoms with E-state index in [4.69, 9.17) is 10.5 Å². The minimum Gasteiger partial charge on any atom is -0.497 e. The van der Waals surface area contributed by atoms with Crippen LogP contribution in [0.1, 0.15) is 44.6 Å². The molecule has 1 saturated carbocycles. The van der Waals surface area contributed by atoms with E-state index in [1.54, 1.807) is 7.11 Å². The molecule has 0 spiro atoms. The number of hydrogen-bond acceptors (Lipinski definition) is 2. The second-order valence-corrected chi connectivity index (χ2v) is 5.11. The van der Waals surface area contributed by atoms with Gasteiger partial charge in [-0.2, -0.15) is 0 Å². The van der Waals surface area contributed by atoms with Crippen LogP contribution in [0, 0.1) is 5.41 Å². The molecule has 0 heterocycles. The Morgan fingerprint density at radius 1 is 1.24 bits per heavy atom. The highest BCUT2D eigenvalue weighted by Crippen LogP contribution is 2.56. The molecular formula is C15H23NO. The minimum atomic E-state index is 0.314. The van der Waals surface area contributed by atoms with Gasteiger partial charge in [-0.25, -0.2) is 0 Å². The van der Waals surface area contributed by atoms with Gasteiger partial charge in [0.05, 0.1) is 7.11 Å². The Labute approximate surface area is 104 Å². The molecule has 0 radical (unpaired) electrons. The molecule has 0 saturated heterocycles. The van der Waals surface area contributed by atoms with Gasteiger partial charge in [0.2, 0.25) is 0 Å². The predicted molar refractivity (Wildman–Crippen MR) is 71.3 cm³/mol. The lowest BCUT2D eigenvalue weighted by molar-refractivity contribution is 0.0438. The average Bonchev–Trinajstić information content (AvgIpc) is 2.38. The zero-order valence-corrected chi connectivity index (χ0v) is 11.1. The van der Waals surface area contributed by atoms with Crippen LogP contribution >= 0.6 is 0 Å². The summed E-state index contributed by atoms with van der Waals surface area (Å²) in [6, 6.07) is 8.85. The van der Waals surface area contributed by atoms with Crippen LogP contribution in [0.2, 0.25) is 0 Å². The zero-order valence-electron chi connectivity index (χ0n) is 11.1. The third-order valence-corrected chi connectivity index (χ3v) is 4.76. The standard InChI is InChI=1S/C15H23NO/c1-4-15(5-2)13(10-14(15)16)11-6-8-12(17-3)9-7-11/h6-9,13-14H,4-5,10,16H2,1-3H3. The summed E-state index contributed by atoms with van der Waals surface area (Å²) in [5.74, 6) is 1.55. The molecule has 1 aromatic rings. The number of methoxy groups -OCH3 is 1. The second-order valence-electron chi connectivity index (χ2n) is 5.11. The summed E-state index contributed by atoms with van der Waals surface area (Å²) in [7, 11) is 1.71. The van der Waals surface area contributed by atoms with Gasteiger partial charge < -0.3 is 10.5 Å². The fourth-order valence-electron chi connectivity index (χ4n) is 3.39. The lowest BCUT2D eigenvalue weighted by Crippen LogP contribution is -2.55. The highest BCUT2D eigenvalue weighted by molar-refractivity contribution is 5.33. The van der Waals surface area contributed by atoms with E-state index in [1.807, 2.05) is 0 Å². The van der Waals surface area contributed by atoms with Crippen LogP contribution in [-0.4, -0.2) is 13.2 Å². The first-order valence-corrected chi connectivity index (χ1v) is 6.57. The molecule has 94 valence electrons. The van der Waals surface area contributed by atoms with E-state index in [0.29, 0.717) is 17.4 Å². The number of ether oxygens (including phenoxy) is 1. The Morgan fingerprint density at radius 2 is 1.82 bits per heavy atom. The summed E-state index contributed by atoms with van der Waals surface area (Å²) >= 11 is 0. The van der Waals surface area contributed by atoms with Crippen molar-refractivity contribution in [3.63, 3.8) is 0 Å². The van der Waals surface area contributed by atoms with Gasteiger partial charge in [-0.1, -0.05) is 26.0 Å². The molecule has 2 nitrogen and oxygen atoms in total. The number of rotatable bonds is 4. The monoisotopic (exact) mass is 233 g/mol. The predicted octanol–water partition coefficient (Wildman–Crippen LogP) is 3.32. The lowest BCUT2D eigenvalue weighted by Gasteiger charge is -2.55. The number of benzene rings is 1. The Kier molecular flexibility index (Phi) is 3.43. The molecule has 2 unspecified atom stereocenters. The van der Waals surface area contributed by atoms with Gasteiger partial charge in [-0.05, 0) is 48.3 Å². The van der Waals surface area contributed by atoms with Crippen molar-refractivity contribution in [2.75, 3.05) is 7.11 Å². The molecule has 2 N–H and O–H groups in total. The molecule has 2 rings (SSSR count). The van der Waals surface area contributed by atoms with Crippen molar-refractivity contribution in [2.24, 2.45) is 11.1 Å². The number of nitrogens with two attached hydrogens (primary N) is 1. The van der Waals surface area contributed by atoms with Crippen LogP contribution in [-0.2, 0) is 0 Å². The van der Waals surface area contributed by atoms with E-state index in [1.165, 1.54) is 18.4 Å².